The number of hydrogen-bond donors (Lipinski definition) is 0. The second kappa shape index (κ2) is 12.0. The second-order valence-electron chi connectivity index (χ2n) is 6.48. The van der Waals surface area contributed by atoms with Crippen molar-refractivity contribution < 1.29 is 42.7 Å². The first-order chi connectivity index (χ1) is 12.6. The number of halogens is 1. The van der Waals surface area contributed by atoms with Crippen molar-refractivity contribution in [1.82, 2.24) is 0 Å². The van der Waals surface area contributed by atoms with Crippen molar-refractivity contribution in [3.05, 3.63) is 60.2 Å². The zero-order valence-electron chi connectivity index (χ0n) is 16.5. The molecule has 0 saturated carbocycles. The molecular weight excluding hydrogens is 453 g/mol. The highest BCUT2D eigenvalue weighted by Crippen LogP contribution is 2.15. The lowest BCUT2D eigenvalue weighted by Gasteiger charge is -2.35. The zero-order valence-corrected chi connectivity index (χ0v) is 18.6. The third-order valence-electron chi connectivity index (χ3n) is 5.14. The van der Waals surface area contributed by atoms with Gasteiger partial charge in [0.15, 0.2) is 6.61 Å². The first-order valence-electron chi connectivity index (χ1n) is 9.43. The smallest absolute Gasteiger partial charge is 0.349 e. The molecule has 0 amide bonds. The number of hydrogen-bond acceptors (Lipinski definition) is 3. The van der Waals surface area contributed by atoms with Crippen molar-refractivity contribution in [2.45, 2.75) is 27.2 Å². The van der Waals surface area contributed by atoms with E-state index in [4.69, 9.17) is 9.47 Å². The Morgan fingerprint density at radius 3 is 2.00 bits per heavy atom. The van der Waals surface area contributed by atoms with Crippen LogP contribution in [0.3, 0.4) is 0 Å². The summed E-state index contributed by atoms with van der Waals surface area (Å²) in [6.07, 6.45) is 1.03. The number of quaternary nitrogens is 1. The largest absolute Gasteiger partial charge is 1.00 e. The molecule has 0 fully saturated rings. The minimum Gasteiger partial charge on any atom is -1.00 e. The van der Waals surface area contributed by atoms with Gasteiger partial charge >= 0.3 is 5.97 Å². The fourth-order valence-electron chi connectivity index (χ4n) is 3.06. The van der Waals surface area contributed by atoms with Crippen molar-refractivity contribution in [1.29, 1.82) is 0 Å². The molecule has 0 aliphatic heterocycles. The number of esters is 1. The molecule has 2 rings (SSSR count). The van der Waals surface area contributed by atoms with Crippen LogP contribution in [0.25, 0.3) is 0 Å². The molecule has 0 aromatic heterocycles. The molecule has 0 spiro atoms. The van der Waals surface area contributed by atoms with Gasteiger partial charge in [-0.3, -0.25) is 0 Å². The summed E-state index contributed by atoms with van der Waals surface area (Å²) in [5, 5.41) is 0. The molecule has 2 aromatic rings. The van der Waals surface area contributed by atoms with Crippen LogP contribution in [0.5, 0.6) is 11.5 Å². The Morgan fingerprint density at radius 1 is 0.852 bits per heavy atom. The van der Waals surface area contributed by atoms with Crippen LogP contribution in [-0.4, -0.2) is 43.2 Å². The Morgan fingerprint density at radius 2 is 1.44 bits per heavy atom. The van der Waals surface area contributed by atoms with Crippen molar-refractivity contribution in [3.8, 4) is 11.5 Å². The highest BCUT2D eigenvalue weighted by molar-refractivity contribution is 5.73. The average Bonchev–Trinajstić information content (AvgIpc) is 2.70. The lowest BCUT2D eigenvalue weighted by molar-refractivity contribution is -0.923. The normalized spacial score (nSPS) is 10.8. The summed E-state index contributed by atoms with van der Waals surface area (Å²) in [6, 6.07) is 17.0. The van der Waals surface area contributed by atoms with E-state index in [2.05, 4.69) is 20.8 Å². The number of likely N-dealkylation sites (N-methyl/N-ethyl adjacent to an activating group) is 1. The maximum atomic E-state index is 11.9. The summed E-state index contributed by atoms with van der Waals surface area (Å²) in [4.78, 5) is 11.9. The molecule has 0 atom stereocenters. The quantitative estimate of drug-likeness (QED) is 0.220. The molecule has 0 bridgehead atoms. The minimum atomic E-state index is -0.403. The number of rotatable bonds is 10. The lowest BCUT2D eigenvalue weighted by atomic mass is 10.1. The van der Waals surface area contributed by atoms with Crippen molar-refractivity contribution >= 4 is 5.97 Å². The predicted molar refractivity (Wildman–Crippen MR) is 104 cm³/mol. The average molecular weight is 483 g/mol. The standard InChI is InChI=1S/C22H30NO3.HI/c1-4-23(5-2,6-3)17-16-19-12-14-21(15-13-19)26-22(24)18-25-20-10-8-7-9-11-20;/h7-15H,4-6,16-18H2,1-3H3;1H/q+1;/p-1. The van der Waals surface area contributed by atoms with Crippen molar-refractivity contribution in [2.24, 2.45) is 0 Å². The summed E-state index contributed by atoms with van der Waals surface area (Å²) in [5.41, 5.74) is 1.27. The van der Waals surface area contributed by atoms with Crippen LogP contribution in [0.2, 0.25) is 0 Å². The molecule has 2 aromatic carbocycles. The van der Waals surface area contributed by atoms with Gasteiger partial charge in [-0.15, -0.1) is 0 Å². The summed E-state index contributed by atoms with van der Waals surface area (Å²) in [6.45, 7) is 11.3. The van der Waals surface area contributed by atoms with Gasteiger partial charge in [-0.05, 0) is 50.6 Å². The van der Waals surface area contributed by atoms with Gasteiger partial charge in [0.1, 0.15) is 11.5 Å². The molecule has 27 heavy (non-hydrogen) atoms. The first kappa shape index (κ1) is 23.4. The van der Waals surface area contributed by atoms with Crippen LogP contribution in [0.15, 0.2) is 54.6 Å². The molecule has 0 unspecified atom stereocenters. The van der Waals surface area contributed by atoms with Gasteiger partial charge in [0.05, 0.1) is 26.2 Å². The highest BCUT2D eigenvalue weighted by atomic mass is 127. The Hall–Kier alpha value is -1.60. The third kappa shape index (κ3) is 7.50. The van der Waals surface area contributed by atoms with Gasteiger partial charge in [0, 0.05) is 6.42 Å². The molecule has 5 heteroatoms. The SMILES string of the molecule is CC[N+](CC)(CC)CCc1ccc(OC(=O)COc2ccccc2)cc1.[I-]. The maximum Gasteiger partial charge on any atom is 0.349 e. The Kier molecular flexibility index (Phi) is 10.4. The van der Waals surface area contributed by atoms with E-state index in [0.29, 0.717) is 11.5 Å². The van der Waals surface area contributed by atoms with Crippen LogP contribution < -0.4 is 33.5 Å². The molecule has 0 N–H and O–H groups in total. The number of carbonyl (C=O) groups is 1. The van der Waals surface area contributed by atoms with E-state index in [1.165, 1.54) is 5.56 Å². The lowest BCUT2D eigenvalue weighted by Crippen LogP contribution is -3.00. The molecule has 0 aliphatic rings. The van der Waals surface area contributed by atoms with E-state index in [1.807, 2.05) is 54.6 Å². The van der Waals surface area contributed by atoms with Crippen molar-refractivity contribution in [2.75, 3.05) is 32.8 Å². The fourth-order valence-corrected chi connectivity index (χ4v) is 3.06. The number of ether oxygens (including phenoxy) is 2. The number of para-hydroxylation sites is 1. The van der Waals surface area contributed by atoms with Crippen LogP contribution in [-0.2, 0) is 11.2 Å². The van der Waals surface area contributed by atoms with E-state index in [1.54, 1.807) is 0 Å². The van der Waals surface area contributed by atoms with Crippen LogP contribution in [0.1, 0.15) is 26.3 Å². The Labute approximate surface area is 180 Å². The fraction of sp³-hybridized carbons (Fsp3) is 0.409. The summed E-state index contributed by atoms with van der Waals surface area (Å²) in [5.74, 6) is 0.807. The Bertz CT molecular complexity index is 661. The van der Waals surface area contributed by atoms with E-state index in [0.717, 1.165) is 37.1 Å². The molecule has 4 nitrogen and oxygen atoms in total. The number of benzene rings is 2. The summed E-state index contributed by atoms with van der Waals surface area (Å²) < 4.78 is 11.9. The van der Waals surface area contributed by atoms with E-state index >= 15 is 0 Å². The van der Waals surface area contributed by atoms with Gasteiger partial charge in [0.2, 0.25) is 0 Å². The molecule has 0 aliphatic carbocycles. The first-order valence-corrected chi connectivity index (χ1v) is 9.43. The van der Waals surface area contributed by atoms with Crippen molar-refractivity contribution in [3.63, 3.8) is 0 Å². The third-order valence-corrected chi connectivity index (χ3v) is 5.14. The van der Waals surface area contributed by atoms with Crippen LogP contribution in [0, 0.1) is 0 Å². The van der Waals surface area contributed by atoms with Gasteiger partial charge in [-0.1, -0.05) is 30.3 Å². The second-order valence-corrected chi connectivity index (χ2v) is 6.48. The van der Waals surface area contributed by atoms with Gasteiger partial charge in [-0.2, -0.15) is 0 Å². The summed E-state index contributed by atoms with van der Waals surface area (Å²) in [7, 11) is 0. The zero-order chi connectivity index (χ0) is 18.8. The maximum absolute atomic E-state index is 11.9. The molecule has 0 saturated heterocycles. The Balaban J connectivity index is 0.00000364. The number of nitrogens with zero attached hydrogens (tertiary/aromatic N) is 1. The topological polar surface area (TPSA) is 35.5 Å². The number of carbonyl (C=O) groups excluding carboxylic acids is 1. The van der Waals surface area contributed by atoms with Gasteiger partial charge in [0.25, 0.3) is 0 Å². The monoisotopic (exact) mass is 483 g/mol. The molecular formula is C22H30INO3. The van der Waals surface area contributed by atoms with E-state index in [-0.39, 0.29) is 30.6 Å². The predicted octanol–water partition coefficient (Wildman–Crippen LogP) is 1.09. The van der Waals surface area contributed by atoms with Gasteiger partial charge in [-0.25, -0.2) is 4.79 Å². The van der Waals surface area contributed by atoms with Crippen LogP contribution in [0.4, 0.5) is 0 Å². The molecule has 148 valence electrons. The minimum absolute atomic E-state index is 0. The van der Waals surface area contributed by atoms with E-state index < -0.39 is 5.97 Å². The van der Waals surface area contributed by atoms with E-state index in [9.17, 15) is 4.79 Å². The molecule has 0 radical (unpaired) electrons. The van der Waals surface area contributed by atoms with Crippen LogP contribution >= 0.6 is 0 Å². The summed E-state index contributed by atoms with van der Waals surface area (Å²) >= 11 is 0. The molecule has 0 heterocycles. The van der Waals surface area contributed by atoms with Gasteiger partial charge < -0.3 is 37.9 Å². The highest BCUT2D eigenvalue weighted by Gasteiger charge is 2.20.